The highest BCUT2D eigenvalue weighted by Gasteiger charge is 2.16. The van der Waals surface area contributed by atoms with Crippen molar-refractivity contribution in [2.45, 2.75) is 6.04 Å². The number of rotatable bonds is 9. The number of ether oxygens (including phenoxy) is 1. The molecule has 5 aromatic rings. The molecule has 0 aliphatic heterocycles. The summed E-state index contributed by atoms with van der Waals surface area (Å²) in [5.41, 5.74) is 21.0. The van der Waals surface area contributed by atoms with Gasteiger partial charge in [-0.1, -0.05) is 12.1 Å². The molecule has 1 unspecified atom stereocenters. The van der Waals surface area contributed by atoms with E-state index in [-0.39, 0.29) is 0 Å². The molecule has 182 valence electrons. The van der Waals surface area contributed by atoms with Crippen LogP contribution in [-0.2, 0) is 0 Å². The quantitative estimate of drug-likeness (QED) is 0.272. The molecule has 2 aromatic carbocycles. The largest absolute Gasteiger partial charge is 0.439 e. The van der Waals surface area contributed by atoms with Crippen LogP contribution in [0.1, 0.15) is 11.9 Å². The lowest BCUT2D eigenvalue weighted by molar-refractivity contribution is 0.455. The normalized spacial score (nSPS) is 11.9. The van der Waals surface area contributed by atoms with Crippen molar-refractivity contribution in [2.75, 3.05) is 30.3 Å². The summed E-state index contributed by atoms with van der Waals surface area (Å²) in [4.78, 5) is 15.5. The number of anilines is 2. The lowest BCUT2D eigenvalue weighted by atomic mass is 10.2. The van der Waals surface area contributed by atoms with Crippen molar-refractivity contribution in [1.82, 2.24) is 19.5 Å². The minimum absolute atomic E-state index is 0.424. The van der Waals surface area contributed by atoms with Crippen LogP contribution in [0.4, 0.5) is 11.4 Å². The van der Waals surface area contributed by atoms with Gasteiger partial charge in [0, 0.05) is 61.1 Å². The van der Waals surface area contributed by atoms with Crippen molar-refractivity contribution in [3.8, 4) is 17.4 Å². The highest BCUT2D eigenvalue weighted by Crippen LogP contribution is 2.27. The van der Waals surface area contributed by atoms with Crippen LogP contribution >= 0.6 is 0 Å². The van der Waals surface area contributed by atoms with E-state index in [1.54, 1.807) is 18.5 Å². The summed E-state index contributed by atoms with van der Waals surface area (Å²) >= 11 is 0. The van der Waals surface area contributed by atoms with Crippen molar-refractivity contribution < 1.29 is 4.74 Å². The first-order chi connectivity index (χ1) is 17.6. The molecular formula is C27H28N8O. The van der Waals surface area contributed by atoms with Gasteiger partial charge in [-0.3, -0.25) is 0 Å². The van der Waals surface area contributed by atoms with Gasteiger partial charge in [-0.15, -0.1) is 0 Å². The summed E-state index contributed by atoms with van der Waals surface area (Å²) < 4.78 is 8.10. The van der Waals surface area contributed by atoms with Crippen molar-refractivity contribution in [3.63, 3.8) is 0 Å². The van der Waals surface area contributed by atoms with Gasteiger partial charge in [-0.2, -0.15) is 4.98 Å². The molecule has 3 aromatic heterocycles. The third-order valence-corrected chi connectivity index (χ3v) is 5.81. The molecule has 0 spiro atoms. The summed E-state index contributed by atoms with van der Waals surface area (Å²) in [7, 11) is 0. The molecule has 0 aliphatic rings. The van der Waals surface area contributed by atoms with E-state index in [0.29, 0.717) is 42.8 Å². The van der Waals surface area contributed by atoms with Crippen LogP contribution in [0.15, 0.2) is 91.4 Å². The van der Waals surface area contributed by atoms with Crippen molar-refractivity contribution in [3.05, 3.63) is 97.2 Å². The molecule has 3 heterocycles. The smallest absolute Gasteiger partial charge is 0.222 e. The van der Waals surface area contributed by atoms with Crippen LogP contribution in [0.5, 0.6) is 11.6 Å². The Balaban J connectivity index is 1.32. The van der Waals surface area contributed by atoms with E-state index in [2.05, 4.69) is 19.9 Å². The average Bonchev–Trinajstić information content (AvgIpc) is 3.32. The molecule has 0 fully saturated rings. The van der Waals surface area contributed by atoms with E-state index in [1.807, 2.05) is 77.5 Å². The Bertz CT molecular complexity index is 1450. The lowest BCUT2D eigenvalue weighted by Crippen LogP contribution is -2.36. The van der Waals surface area contributed by atoms with E-state index >= 15 is 0 Å². The summed E-state index contributed by atoms with van der Waals surface area (Å²) in [6, 6.07) is 22.7. The van der Waals surface area contributed by atoms with Gasteiger partial charge in [-0.05, 0) is 54.6 Å². The molecule has 0 saturated carbocycles. The van der Waals surface area contributed by atoms with Crippen LogP contribution in [0.3, 0.4) is 0 Å². The van der Waals surface area contributed by atoms with Crippen molar-refractivity contribution >= 4 is 22.3 Å². The summed E-state index contributed by atoms with van der Waals surface area (Å²) in [6.45, 7) is 1.60. The first-order valence-electron chi connectivity index (χ1n) is 11.7. The van der Waals surface area contributed by atoms with Gasteiger partial charge in [0.05, 0.1) is 11.6 Å². The first-order valence-corrected chi connectivity index (χ1v) is 11.7. The molecule has 36 heavy (non-hydrogen) atoms. The number of aromatic nitrogens is 4. The number of benzene rings is 2. The highest BCUT2D eigenvalue weighted by molar-refractivity contribution is 5.83. The van der Waals surface area contributed by atoms with E-state index in [0.717, 1.165) is 22.4 Å². The van der Waals surface area contributed by atoms with Gasteiger partial charge in [0.1, 0.15) is 11.6 Å². The molecule has 0 amide bonds. The predicted octanol–water partition coefficient (Wildman–Crippen LogP) is 3.66. The molecule has 1 atom stereocenters. The molecule has 6 N–H and O–H groups in total. The van der Waals surface area contributed by atoms with Gasteiger partial charge in [0.2, 0.25) is 5.88 Å². The van der Waals surface area contributed by atoms with E-state index < -0.39 is 6.04 Å². The molecule has 0 bridgehead atoms. The van der Waals surface area contributed by atoms with E-state index in [1.165, 1.54) is 0 Å². The summed E-state index contributed by atoms with van der Waals surface area (Å²) in [5.74, 6) is 2.44. The number of pyridine rings is 1. The number of hydrogen-bond donors (Lipinski definition) is 3. The maximum atomic E-state index is 6.49. The number of nitrogen functional groups attached to an aromatic ring is 1. The van der Waals surface area contributed by atoms with E-state index in [9.17, 15) is 0 Å². The van der Waals surface area contributed by atoms with Crippen LogP contribution in [-0.4, -0.2) is 39.2 Å². The Kier molecular flexibility index (Phi) is 6.74. The monoisotopic (exact) mass is 480 g/mol. The Morgan fingerprint density at radius 1 is 0.944 bits per heavy atom. The maximum absolute atomic E-state index is 6.49. The second-order valence-electron chi connectivity index (χ2n) is 8.39. The van der Waals surface area contributed by atoms with Crippen LogP contribution in [0.2, 0.25) is 0 Å². The highest BCUT2D eigenvalue weighted by atomic mass is 16.5. The second-order valence-corrected chi connectivity index (χ2v) is 8.39. The molecule has 0 radical (unpaired) electrons. The van der Waals surface area contributed by atoms with Crippen LogP contribution < -0.4 is 26.8 Å². The van der Waals surface area contributed by atoms with Crippen LogP contribution in [0.25, 0.3) is 16.7 Å². The fourth-order valence-corrected chi connectivity index (χ4v) is 4.12. The Labute approximate surface area is 209 Å². The van der Waals surface area contributed by atoms with Gasteiger partial charge in [0.25, 0.3) is 0 Å². The van der Waals surface area contributed by atoms with E-state index in [4.69, 9.17) is 21.9 Å². The lowest BCUT2D eigenvalue weighted by Gasteiger charge is -2.27. The topological polar surface area (TPSA) is 134 Å². The van der Waals surface area contributed by atoms with Crippen molar-refractivity contribution in [1.29, 1.82) is 0 Å². The number of nitrogens with two attached hydrogens (primary N) is 3. The fourth-order valence-electron chi connectivity index (χ4n) is 4.12. The van der Waals surface area contributed by atoms with Gasteiger partial charge in [-0.25, -0.2) is 9.97 Å². The summed E-state index contributed by atoms with van der Waals surface area (Å²) in [6.07, 6.45) is 5.42. The number of hydrogen-bond acceptors (Lipinski definition) is 8. The zero-order valence-electron chi connectivity index (χ0n) is 19.7. The van der Waals surface area contributed by atoms with Gasteiger partial charge in [0.15, 0.2) is 5.82 Å². The first kappa shape index (κ1) is 23.3. The Hall–Kier alpha value is -4.47. The third kappa shape index (κ3) is 5.12. The maximum Gasteiger partial charge on any atom is 0.222 e. The molecule has 9 heteroatoms. The van der Waals surface area contributed by atoms with Crippen LogP contribution in [0, 0.1) is 0 Å². The molecule has 0 aliphatic carbocycles. The zero-order valence-corrected chi connectivity index (χ0v) is 19.7. The molecule has 0 saturated heterocycles. The minimum atomic E-state index is -0.448. The fraction of sp³-hybridized carbons (Fsp3) is 0.148. The number of nitrogens with zero attached hydrogens (tertiary/aromatic N) is 5. The second kappa shape index (κ2) is 10.4. The molecular weight excluding hydrogens is 452 g/mol. The molecule has 5 rings (SSSR count). The van der Waals surface area contributed by atoms with Gasteiger partial charge >= 0.3 is 0 Å². The Morgan fingerprint density at radius 2 is 1.86 bits per heavy atom. The predicted molar refractivity (Wildman–Crippen MR) is 142 cm³/mol. The standard InChI is InChI=1S/C27H28N8O/c28-11-15-34(21-5-3-4-20(29)17-21)18-23(30)27-32-13-9-26(33-27)36-22-7-8-24-19(16-22)10-14-35(24)25-6-1-2-12-31-25/h1-10,12-14,16-17,23H,11,15,18,28-30H2. The Morgan fingerprint density at radius 3 is 2.67 bits per heavy atom. The minimum Gasteiger partial charge on any atom is -0.439 e. The van der Waals surface area contributed by atoms with Crippen molar-refractivity contribution in [2.24, 2.45) is 11.5 Å². The number of fused-ring (bicyclic) bond motifs is 1. The third-order valence-electron chi connectivity index (χ3n) is 5.81. The van der Waals surface area contributed by atoms with Gasteiger partial charge < -0.3 is 31.4 Å². The molecule has 9 nitrogen and oxygen atoms in total. The summed E-state index contributed by atoms with van der Waals surface area (Å²) in [5, 5.41) is 1.03. The zero-order chi connectivity index (χ0) is 24.9. The SMILES string of the molecule is NCCN(CC(N)c1nccc(Oc2ccc3c(ccn3-c3ccccn3)c2)n1)c1cccc(N)c1. The average molecular weight is 481 g/mol.